The summed E-state index contributed by atoms with van der Waals surface area (Å²) >= 11 is 5.97. The molecule has 2 rings (SSSR count). The molecule has 0 saturated heterocycles. The highest BCUT2D eigenvalue weighted by atomic mass is 35.5. The van der Waals surface area contributed by atoms with E-state index < -0.39 is 11.8 Å². The van der Waals surface area contributed by atoms with Crippen LogP contribution in [0.2, 0.25) is 5.02 Å². The molecule has 21 heavy (non-hydrogen) atoms. The molecule has 2 aromatic rings. The Morgan fingerprint density at radius 1 is 1.29 bits per heavy atom. The van der Waals surface area contributed by atoms with Gasteiger partial charge in [0.15, 0.2) is 0 Å². The van der Waals surface area contributed by atoms with Crippen LogP contribution in [0.5, 0.6) is 5.75 Å². The predicted octanol–water partition coefficient (Wildman–Crippen LogP) is 1.35. The van der Waals surface area contributed by atoms with Gasteiger partial charge in [-0.1, -0.05) is 11.6 Å². The molecule has 0 atom stereocenters. The van der Waals surface area contributed by atoms with E-state index in [9.17, 15) is 9.59 Å². The van der Waals surface area contributed by atoms with Gasteiger partial charge in [0, 0.05) is 11.1 Å². The lowest BCUT2D eigenvalue weighted by atomic mass is 10.2. The monoisotopic (exact) mass is 309 g/mol. The molecule has 0 saturated carbocycles. The van der Waals surface area contributed by atoms with E-state index in [-0.39, 0.29) is 5.95 Å². The molecule has 2 amide bonds. The molecule has 1 aromatic carbocycles. The second-order valence-corrected chi connectivity index (χ2v) is 4.45. The van der Waals surface area contributed by atoms with Gasteiger partial charge in [0.25, 0.3) is 0 Å². The van der Waals surface area contributed by atoms with Gasteiger partial charge >= 0.3 is 11.8 Å². The predicted molar refractivity (Wildman–Crippen MR) is 76.4 cm³/mol. The third kappa shape index (κ3) is 3.48. The standard InChI is InChI=1S/C12H12ClN5O3/c1-6-3-8(9(21-2)4-7(6)13)16-10(19)11(20)17-12-14-5-15-18-12/h3-5H,1-2H3,(H,16,19)(H2,14,15,17,18,20). The highest BCUT2D eigenvalue weighted by molar-refractivity contribution is 6.43. The number of anilines is 2. The van der Waals surface area contributed by atoms with Gasteiger partial charge in [-0.15, -0.1) is 0 Å². The Bertz CT molecular complexity index is 672. The Morgan fingerprint density at radius 2 is 2.00 bits per heavy atom. The molecule has 0 aliphatic rings. The largest absolute Gasteiger partial charge is 0.495 e. The SMILES string of the molecule is COc1cc(Cl)c(C)cc1NC(=O)C(=O)Nc1ncn[nH]1. The number of methoxy groups -OCH3 is 1. The molecule has 0 unspecified atom stereocenters. The fourth-order valence-corrected chi connectivity index (χ4v) is 1.69. The quantitative estimate of drug-likeness (QED) is 0.742. The average Bonchev–Trinajstić information content (AvgIpc) is 2.95. The number of aryl methyl sites for hydroxylation is 1. The van der Waals surface area contributed by atoms with Crippen molar-refractivity contribution in [3.05, 3.63) is 29.0 Å². The Balaban J connectivity index is 2.12. The third-order valence-corrected chi connectivity index (χ3v) is 2.99. The molecule has 1 heterocycles. The van der Waals surface area contributed by atoms with E-state index in [0.717, 1.165) is 5.56 Å². The molecule has 0 aliphatic carbocycles. The number of hydrogen-bond acceptors (Lipinski definition) is 5. The number of aromatic nitrogens is 3. The van der Waals surface area contributed by atoms with Gasteiger partial charge < -0.3 is 10.1 Å². The van der Waals surface area contributed by atoms with Gasteiger partial charge in [0.05, 0.1) is 12.8 Å². The number of carbonyl (C=O) groups is 2. The summed E-state index contributed by atoms with van der Waals surface area (Å²) in [6.07, 6.45) is 1.21. The topological polar surface area (TPSA) is 109 Å². The van der Waals surface area contributed by atoms with E-state index in [1.807, 2.05) is 0 Å². The van der Waals surface area contributed by atoms with Crippen LogP contribution in [-0.4, -0.2) is 34.1 Å². The van der Waals surface area contributed by atoms with Crippen LogP contribution >= 0.6 is 11.6 Å². The zero-order chi connectivity index (χ0) is 15.4. The fraction of sp³-hybridized carbons (Fsp3) is 0.167. The highest BCUT2D eigenvalue weighted by Gasteiger charge is 2.17. The molecule has 1 aromatic heterocycles. The molecular formula is C12H12ClN5O3. The lowest BCUT2D eigenvalue weighted by Gasteiger charge is -2.11. The van der Waals surface area contributed by atoms with Gasteiger partial charge in [0.2, 0.25) is 5.95 Å². The Labute approximate surface area is 124 Å². The summed E-state index contributed by atoms with van der Waals surface area (Å²) in [5, 5.41) is 11.2. The van der Waals surface area contributed by atoms with Crippen LogP contribution in [0.15, 0.2) is 18.5 Å². The first-order valence-corrected chi connectivity index (χ1v) is 6.21. The number of H-pyrrole nitrogens is 1. The Kier molecular flexibility index (Phi) is 4.39. The number of benzene rings is 1. The molecule has 0 radical (unpaired) electrons. The molecule has 0 aliphatic heterocycles. The molecule has 3 N–H and O–H groups in total. The first-order valence-electron chi connectivity index (χ1n) is 5.83. The number of rotatable bonds is 3. The first kappa shape index (κ1) is 14.8. The zero-order valence-electron chi connectivity index (χ0n) is 11.2. The number of aromatic amines is 1. The van der Waals surface area contributed by atoms with E-state index in [1.165, 1.54) is 13.4 Å². The summed E-state index contributed by atoms with van der Waals surface area (Å²) in [5.74, 6) is -1.33. The van der Waals surface area contributed by atoms with Crippen molar-refractivity contribution in [1.82, 2.24) is 15.2 Å². The zero-order valence-corrected chi connectivity index (χ0v) is 12.0. The molecule has 0 spiro atoms. The maximum atomic E-state index is 11.8. The Hall–Kier alpha value is -2.61. The van der Waals surface area contributed by atoms with Gasteiger partial charge in [-0.2, -0.15) is 10.1 Å². The minimum Gasteiger partial charge on any atom is -0.495 e. The van der Waals surface area contributed by atoms with Crippen molar-refractivity contribution in [3.63, 3.8) is 0 Å². The smallest absolute Gasteiger partial charge is 0.316 e. The molecule has 8 nitrogen and oxygen atoms in total. The molecule has 0 fully saturated rings. The number of nitrogens with zero attached hydrogens (tertiary/aromatic N) is 2. The van der Waals surface area contributed by atoms with Crippen LogP contribution in [0.3, 0.4) is 0 Å². The number of ether oxygens (including phenoxy) is 1. The normalized spacial score (nSPS) is 10.0. The lowest BCUT2D eigenvalue weighted by Crippen LogP contribution is -2.29. The highest BCUT2D eigenvalue weighted by Crippen LogP contribution is 2.30. The van der Waals surface area contributed by atoms with Crippen molar-refractivity contribution in [2.45, 2.75) is 6.92 Å². The van der Waals surface area contributed by atoms with Crippen molar-refractivity contribution in [2.75, 3.05) is 17.7 Å². The summed E-state index contributed by atoms with van der Waals surface area (Å²) < 4.78 is 5.11. The van der Waals surface area contributed by atoms with Crippen molar-refractivity contribution < 1.29 is 14.3 Å². The van der Waals surface area contributed by atoms with Crippen LogP contribution in [-0.2, 0) is 9.59 Å². The van der Waals surface area contributed by atoms with Crippen molar-refractivity contribution in [1.29, 1.82) is 0 Å². The van der Waals surface area contributed by atoms with Crippen LogP contribution in [0, 0.1) is 6.92 Å². The van der Waals surface area contributed by atoms with Crippen molar-refractivity contribution in [3.8, 4) is 5.75 Å². The van der Waals surface area contributed by atoms with Crippen molar-refractivity contribution in [2.24, 2.45) is 0 Å². The number of halogens is 1. The van der Waals surface area contributed by atoms with E-state index in [2.05, 4.69) is 25.8 Å². The third-order valence-electron chi connectivity index (χ3n) is 2.58. The molecule has 0 bridgehead atoms. The van der Waals surface area contributed by atoms with Crippen LogP contribution in [0.25, 0.3) is 0 Å². The average molecular weight is 310 g/mol. The van der Waals surface area contributed by atoms with Crippen LogP contribution in [0.1, 0.15) is 5.56 Å². The maximum Gasteiger partial charge on any atom is 0.316 e. The van der Waals surface area contributed by atoms with E-state index in [1.54, 1.807) is 19.1 Å². The number of amides is 2. The van der Waals surface area contributed by atoms with Gasteiger partial charge in [0.1, 0.15) is 12.1 Å². The van der Waals surface area contributed by atoms with Gasteiger partial charge in [-0.05, 0) is 18.6 Å². The minimum absolute atomic E-state index is 0.0781. The fourth-order valence-electron chi connectivity index (χ4n) is 1.54. The van der Waals surface area contributed by atoms with Crippen LogP contribution in [0.4, 0.5) is 11.6 Å². The van der Waals surface area contributed by atoms with Gasteiger partial charge in [-0.3, -0.25) is 14.9 Å². The summed E-state index contributed by atoms with van der Waals surface area (Å²) in [4.78, 5) is 27.2. The molecule has 9 heteroatoms. The lowest BCUT2D eigenvalue weighted by molar-refractivity contribution is -0.133. The number of nitrogens with one attached hydrogen (secondary N) is 3. The van der Waals surface area contributed by atoms with Crippen molar-refractivity contribution >= 4 is 35.1 Å². The second kappa shape index (κ2) is 6.23. The molecular weight excluding hydrogens is 298 g/mol. The Morgan fingerprint density at radius 3 is 2.62 bits per heavy atom. The number of hydrogen-bond donors (Lipinski definition) is 3. The van der Waals surface area contributed by atoms with E-state index in [0.29, 0.717) is 16.5 Å². The second-order valence-electron chi connectivity index (χ2n) is 4.04. The minimum atomic E-state index is -0.888. The summed E-state index contributed by atoms with van der Waals surface area (Å²) in [7, 11) is 1.44. The summed E-state index contributed by atoms with van der Waals surface area (Å²) in [6.45, 7) is 1.77. The number of carbonyl (C=O) groups excluding carboxylic acids is 2. The first-order chi connectivity index (χ1) is 10.0. The van der Waals surface area contributed by atoms with Crippen LogP contribution < -0.4 is 15.4 Å². The van der Waals surface area contributed by atoms with E-state index >= 15 is 0 Å². The maximum absolute atomic E-state index is 11.8. The van der Waals surface area contributed by atoms with Gasteiger partial charge in [-0.25, -0.2) is 5.10 Å². The summed E-state index contributed by atoms with van der Waals surface area (Å²) in [6, 6.07) is 3.17. The molecule has 110 valence electrons. The van der Waals surface area contributed by atoms with E-state index in [4.69, 9.17) is 16.3 Å². The summed E-state index contributed by atoms with van der Waals surface area (Å²) in [5.41, 5.74) is 1.08.